The normalized spacial score (nSPS) is 10.3. The molecule has 0 aromatic heterocycles. The molecule has 21 heavy (non-hydrogen) atoms. The monoisotopic (exact) mass is 303 g/mol. The first-order valence-corrected chi connectivity index (χ1v) is 7.08. The van der Waals surface area contributed by atoms with Crippen LogP contribution in [0.4, 0.5) is 5.69 Å². The molecule has 0 unspecified atom stereocenters. The zero-order valence-electron chi connectivity index (χ0n) is 12.4. The SMILES string of the molecule is Cc1cc(OCC(=O)N(C)c2ccccc2)cc(C)c1Cl. The third-order valence-electron chi connectivity index (χ3n) is 3.29. The van der Waals surface area contributed by atoms with Gasteiger partial charge in [-0.05, 0) is 49.2 Å². The number of aryl methyl sites for hydroxylation is 2. The van der Waals surface area contributed by atoms with Crippen molar-refractivity contribution in [3.8, 4) is 5.75 Å². The number of ether oxygens (including phenoxy) is 1. The summed E-state index contributed by atoms with van der Waals surface area (Å²) >= 11 is 6.11. The Balaban J connectivity index is 2.01. The molecule has 0 saturated heterocycles. The van der Waals surface area contributed by atoms with E-state index in [4.69, 9.17) is 16.3 Å². The van der Waals surface area contributed by atoms with E-state index >= 15 is 0 Å². The number of likely N-dealkylation sites (N-methyl/N-ethyl adjacent to an activating group) is 1. The Hall–Kier alpha value is -2.00. The van der Waals surface area contributed by atoms with Crippen LogP contribution in [-0.4, -0.2) is 19.6 Å². The number of hydrogen-bond donors (Lipinski definition) is 0. The summed E-state index contributed by atoms with van der Waals surface area (Å²) in [6.45, 7) is 3.83. The van der Waals surface area contributed by atoms with Crippen LogP contribution in [0, 0.1) is 13.8 Å². The molecule has 110 valence electrons. The Bertz CT molecular complexity index is 617. The van der Waals surface area contributed by atoms with Crippen molar-refractivity contribution in [1.29, 1.82) is 0 Å². The molecule has 4 heteroatoms. The summed E-state index contributed by atoms with van der Waals surface area (Å²) in [7, 11) is 1.74. The summed E-state index contributed by atoms with van der Waals surface area (Å²) in [4.78, 5) is 13.7. The molecule has 0 radical (unpaired) electrons. The van der Waals surface area contributed by atoms with E-state index in [0.717, 1.165) is 21.8 Å². The molecule has 0 atom stereocenters. The summed E-state index contributed by atoms with van der Waals surface area (Å²) in [5.74, 6) is 0.552. The van der Waals surface area contributed by atoms with Crippen LogP contribution in [-0.2, 0) is 4.79 Å². The number of nitrogens with zero attached hydrogens (tertiary/aromatic N) is 1. The standard InChI is InChI=1S/C17H18ClNO2/c1-12-9-15(10-13(2)17(12)18)21-11-16(20)19(3)14-7-5-4-6-8-14/h4-10H,11H2,1-3H3. The second-order valence-corrected chi connectivity index (χ2v) is 5.33. The molecule has 0 saturated carbocycles. The maximum Gasteiger partial charge on any atom is 0.264 e. The van der Waals surface area contributed by atoms with Crippen LogP contribution in [0.3, 0.4) is 0 Å². The molecular weight excluding hydrogens is 286 g/mol. The average molecular weight is 304 g/mol. The molecule has 0 bridgehead atoms. The van der Waals surface area contributed by atoms with Crippen LogP contribution in [0.2, 0.25) is 5.02 Å². The number of benzene rings is 2. The van der Waals surface area contributed by atoms with Gasteiger partial charge in [0.1, 0.15) is 5.75 Å². The maximum atomic E-state index is 12.1. The lowest BCUT2D eigenvalue weighted by Crippen LogP contribution is -2.31. The molecule has 1 amide bonds. The van der Waals surface area contributed by atoms with Crippen molar-refractivity contribution in [2.45, 2.75) is 13.8 Å². The van der Waals surface area contributed by atoms with E-state index in [-0.39, 0.29) is 12.5 Å². The van der Waals surface area contributed by atoms with Gasteiger partial charge in [0.25, 0.3) is 5.91 Å². The number of amides is 1. The lowest BCUT2D eigenvalue weighted by Gasteiger charge is -2.18. The highest BCUT2D eigenvalue weighted by molar-refractivity contribution is 6.32. The molecule has 0 aliphatic rings. The van der Waals surface area contributed by atoms with E-state index in [0.29, 0.717) is 5.75 Å². The van der Waals surface area contributed by atoms with Gasteiger partial charge in [-0.3, -0.25) is 4.79 Å². The van der Waals surface area contributed by atoms with Crippen molar-refractivity contribution in [3.05, 3.63) is 58.6 Å². The quantitative estimate of drug-likeness (QED) is 0.854. The second kappa shape index (κ2) is 6.64. The third-order valence-corrected chi connectivity index (χ3v) is 3.89. The molecule has 2 aromatic carbocycles. The van der Waals surface area contributed by atoms with Crippen LogP contribution >= 0.6 is 11.6 Å². The highest BCUT2D eigenvalue weighted by Gasteiger charge is 2.12. The van der Waals surface area contributed by atoms with E-state index in [9.17, 15) is 4.79 Å². The lowest BCUT2D eigenvalue weighted by molar-refractivity contribution is -0.120. The van der Waals surface area contributed by atoms with Gasteiger partial charge in [0.15, 0.2) is 6.61 Å². The molecule has 0 N–H and O–H groups in total. The molecule has 0 heterocycles. The zero-order chi connectivity index (χ0) is 15.4. The van der Waals surface area contributed by atoms with Crippen molar-refractivity contribution in [1.82, 2.24) is 0 Å². The topological polar surface area (TPSA) is 29.5 Å². The van der Waals surface area contributed by atoms with E-state index in [1.807, 2.05) is 56.3 Å². The van der Waals surface area contributed by atoms with Gasteiger partial charge in [0, 0.05) is 17.8 Å². The molecule has 2 aromatic rings. The summed E-state index contributed by atoms with van der Waals surface area (Å²) in [6.07, 6.45) is 0. The van der Waals surface area contributed by atoms with Gasteiger partial charge in [0.05, 0.1) is 0 Å². The van der Waals surface area contributed by atoms with Crippen molar-refractivity contribution in [2.75, 3.05) is 18.6 Å². The average Bonchev–Trinajstić information content (AvgIpc) is 2.50. The molecule has 0 fully saturated rings. The van der Waals surface area contributed by atoms with Crippen LogP contribution in [0.5, 0.6) is 5.75 Å². The summed E-state index contributed by atoms with van der Waals surface area (Å²) in [5.41, 5.74) is 2.72. The van der Waals surface area contributed by atoms with Crippen LogP contribution in [0.15, 0.2) is 42.5 Å². The van der Waals surface area contributed by atoms with Crippen molar-refractivity contribution >= 4 is 23.2 Å². The summed E-state index contributed by atoms with van der Waals surface area (Å²) in [5, 5.41) is 0.732. The molecule has 0 spiro atoms. The van der Waals surface area contributed by atoms with Crippen molar-refractivity contribution in [3.63, 3.8) is 0 Å². The van der Waals surface area contributed by atoms with Gasteiger partial charge in [-0.2, -0.15) is 0 Å². The molecule has 0 aliphatic heterocycles. The Kier molecular flexibility index (Phi) is 4.86. The minimum absolute atomic E-state index is 0.00803. The minimum Gasteiger partial charge on any atom is -0.484 e. The number of hydrogen-bond acceptors (Lipinski definition) is 2. The number of halogens is 1. The Morgan fingerprint density at radius 1 is 1.14 bits per heavy atom. The van der Waals surface area contributed by atoms with E-state index in [1.54, 1.807) is 11.9 Å². The third kappa shape index (κ3) is 3.76. The fraction of sp³-hybridized carbons (Fsp3) is 0.235. The van der Waals surface area contributed by atoms with Gasteiger partial charge in [-0.1, -0.05) is 29.8 Å². The fourth-order valence-corrected chi connectivity index (χ4v) is 2.14. The number of carbonyl (C=O) groups is 1. The maximum absolute atomic E-state index is 12.1. The highest BCUT2D eigenvalue weighted by Crippen LogP contribution is 2.25. The van der Waals surface area contributed by atoms with Gasteiger partial charge in [0.2, 0.25) is 0 Å². The van der Waals surface area contributed by atoms with E-state index in [2.05, 4.69) is 0 Å². The number of carbonyl (C=O) groups excluding carboxylic acids is 1. The largest absolute Gasteiger partial charge is 0.484 e. The summed E-state index contributed by atoms with van der Waals surface area (Å²) < 4.78 is 5.58. The van der Waals surface area contributed by atoms with Crippen molar-refractivity contribution < 1.29 is 9.53 Å². The second-order valence-electron chi connectivity index (χ2n) is 4.95. The lowest BCUT2D eigenvalue weighted by atomic mass is 10.1. The predicted octanol–water partition coefficient (Wildman–Crippen LogP) is 4.00. The first-order chi connectivity index (χ1) is 9.99. The first-order valence-electron chi connectivity index (χ1n) is 6.70. The molecule has 3 nitrogen and oxygen atoms in total. The Morgan fingerprint density at radius 3 is 2.29 bits per heavy atom. The van der Waals surface area contributed by atoms with Gasteiger partial charge in [-0.25, -0.2) is 0 Å². The molecule has 0 aliphatic carbocycles. The van der Waals surface area contributed by atoms with Crippen LogP contribution in [0.25, 0.3) is 0 Å². The first kappa shape index (κ1) is 15.4. The van der Waals surface area contributed by atoms with Gasteiger partial charge in [-0.15, -0.1) is 0 Å². The fourth-order valence-electron chi connectivity index (χ4n) is 2.03. The van der Waals surface area contributed by atoms with E-state index in [1.165, 1.54) is 0 Å². The van der Waals surface area contributed by atoms with Crippen LogP contribution in [0.1, 0.15) is 11.1 Å². The Labute approximate surface area is 130 Å². The molecule has 2 rings (SSSR count). The number of rotatable bonds is 4. The zero-order valence-corrected chi connectivity index (χ0v) is 13.1. The van der Waals surface area contributed by atoms with Gasteiger partial charge < -0.3 is 9.64 Å². The minimum atomic E-state index is -0.105. The number of anilines is 1. The van der Waals surface area contributed by atoms with E-state index < -0.39 is 0 Å². The van der Waals surface area contributed by atoms with Crippen LogP contribution < -0.4 is 9.64 Å². The molecular formula is C17H18ClNO2. The Morgan fingerprint density at radius 2 is 1.71 bits per heavy atom. The predicted molar refractivity (Wildman–Crippen MR) is 86.3 cm³/mol. The number of para-hydroxylation sites is 1. The smallest absolute Gasteiger partial charge is 0.264 e. The van der Waals surface area contributed by atoms with Gasteiger partial charge >= 0.3 is 0 Å². The summed E-state index contributed by atoms with van der Waals surface area (Å²) in [6, 6.07) is 13.1. The van der Waals surface area contributed by atoms with Crippen molar-refractivity contribution in [2.24, 2.45) is 0 Å². The highest BCUT2D eigenvalue weighted by atomic mass is 35.5.